The number of hydrogen-bond acceptors (Lipinski definition) is 1. The van der Waals surface area contributed by atoms with Crippen LogP contribution in [0, 0.1) is 19.7 Å². The summed E-state index contributed by atoms with van der Waals surface area (Å²) in [5.74, 6) is -0.518. The fraction of sp³-hybridized carbons (Fsp3) is 0.235. The average molecular weight is 269 g/mol. The number of nitrogens with one attached hydrogen (secondary N) is 1. The summed E-state index contributed by atoms with van der Waals surface area (Å²) in [4.78, 5) is 12.0. The fourth-order valence-corrected chi connectivity index (χ4v) is 2.81. The highest BCUT2D eigenvalue weighted by Crippen LogP contribution is 2.40. The highest BCUT2D eigenvalue weighted by Gasteiger charge is 2.29. The van der Waals surface area contributed by atoms with Gasteiger partial charge in [0, 0.05) is 18.0 Å². The molecule has 0 saturated heterocycles. The molecule has 1 atom stereocenters. The molecule has 0 radical (unpaired) electrons. The van der Waals surface area contributed by atoms with E-state index in [9.17, 15) is 9.18 Å². The van der Waals surface area contributed by atoms with Crippen molar-refractivity contribution in [2.24, 2.45) is 0 Å². The van der Waals surface area contributed by atoms with Crippen LogP contribution in [0.15, 0.2) is 36.4 Å². The van der Waals surface area contributed by atoms with Gasteiger partial charge in [-0.15, -0.1) is 0 Å². The minimum absolute atomic E-state index is 0.0561. The Morgan fingerprint density at radius 2 is 1.85 bits per heavy atom. The van der Waals surface area contributed by atoms with E-state index >= 15 is 0 Å². The molecule has 20 heavy (non-hydrogen) atoms. The van der Waals surface area contributed by atoms with Crippen LogP contribution in [0.4, 0.5) is 10.1 Å². The van der Waals surface area contributed by atoms with Gasteiger partial charge in [0.2, 0.25) is 5.91 Å². The first kappa shape index (κ1) is 12.9. The van der Waals surface area contributed by atoms with Crippen LogP contribution in [-0.2, 0) is 4.79 Å². The molecule has 1 heterocycles. The summed E-state index contributed by atoms with van der Waals surface area (Å²) in [5.41, 5.74) is 4.61. The maximum Gasteiger partial charge on any atom is 0.225 e. The van der Waals surface area contributed by atoms with Crippen LogP contribution >= 0.6 is 0 Å². The number of anilines is 1. The molecular formula is C17H16FNO. The first-order valence-corrected chi connectivity index (χ1v) is 6.72. The summed E-state index contributed by atoms with van der Waals surface area (Å²) in [5, 5.41) is 2.93. The Bertz CT molecular complexity index is 693. The molecule has 102 valence electrons. The lowest BCUT2D eigenvalue weighted by Gasteiger charge is -2.28. The van der Waals surface area contributed by atoms with Gasteiger partial charge in [-0.05, 0) is 42.2 Å². The normalized spacial score (nSPS) is 17.6. The van der Waals surface area contributed by atoms with Crippen molar-refractivity contribution in [2.75, 3.05) is 5.32 Å². The number of aryl methyl sites for hydroxylation is 1. The number of hydrogen-bond donors (Lipinski definition) is 1. The predicted octanol–water partition coefficient (Wildman–Crippen LogP) is 3.92. The third-order valence-corrected chi connectivity index (χ3v) is 4.08. The van der Waals surface area contributed by atoms with Gasteiger partial charge in [-0.2, -0.15) is 0 Å². The van der Waals surface area contributed by atoms with Gasteiger partial charge < -0.3 is 5.32 Å². The Morgan fingerprint density at radius 1 is 1.10 bits per heavy atom. The number of amides is 1. The maximum atomic E-state index is 14.0. The molecule has 0 unspecified atom stereocenters. The summed E-state index contributed by atoms with van der Waals surface area (Å²) >= 11 is 0. The topological polar surface area (TPSA) is 29.1 Å². The molecule has 2 aromatic carbocycles. The second-order valence-electron chi connectivity index (χ2n) is 5.30. The number of carbonyl (C=O) groups is 1. The number of halogens is 1. The van der Waals surface area contributed by atoms with Crippen LogP contribution in [0.3, 0.4) is 0 Å². The Labute approximate surface area is 117 Å². The Morgan fingerprint density at radius 3 is 2.60 bits per heavy atom. The molecule has 2 aromatic rings. The monoisotopic (exact) mass is 269 g/mol. The van der Waals surface area contributed by atoms with E-state index in [1.165, 1.54) is 6.07 Å². The number of fused-ring (bicyclic) bond motifs is 1. The highest BCUT2D eigenvalue weighted by atomic mass is 19.1. The van der Waals surface area contributed by atoms with Gasteiger partial charge >= 0.3 is 0 Å². The molecule has 1 aliphatic rings. The Balaban J connectivity index is 2.19. The van der Waals surface area contributed by atoms with E-state index < -0.39 is 0 Å². The maximum absolute atomic E-state index is 14.0. The second-order valence-corrected chi connectivity index (χ2v) is 5.30. The van der Waals surface area contributed by atoms with E-state index in [0.29, 0.717) is 5.56 Å². The Hall–Kier alpha value is -2.16. The quantitative estimate of drug-likeness (QED) is 0.835. The lowest BCUT2D eigenvalue weighted by Crippen LogP contribution is -2.25. The van der Waals surface area contributed by atoms with Crippen molar-refractivity contribution in [1.29, 1.82) is 0 Å². The second kappa shape index (κ2) is 4.75. The van der Waals surface area contributed by atoms with Crippen molar-refractivity contribution < 1.29 is 9.18 Å². The van der Waals surface area contributed by atoms with E-state index in [0.717, 1.165) is 22.4 Å². The highest BCUT2D eigenvalue weighted by molar-refractivity contribution is 5.96. The molecule has 0 aliphatic carbocycles. The Kier molecular flexibility index (Phi) is 3.05. The van der Waals surface area contributed by atoms with E-state index in [4.69, 9.17) is 0 Å². The van der Waals surface area contributed by atoms with Crippen molar-refractivity contribution in [2.45, 2.75) is 26.2 Å². The van der Waals surface area contributed by atoms with Crippen LogP contribution in [0.2, 0.25) is 0 Å². The molecule has 1 N–H and O–H groups in total. The molecular weight excluding hydrogens is 253 g/mol. The number of rotatable bonds is 1. The van der Waals surface area contributed by atoms with Crippen LogP contribution in [0.25, 0.3) is 0 Å². The predicted molar refractivity (Wildman–Crippen MR) is 77.4 cm³/mol. The van der Waals surface area contributed by atoms with Gasteiger partial charge in [-0.1, -0.05) is 30.3 Å². The summed E-state index contributed by atoms with van der Waals surface area (Å²) in [6.07, 6.45) is 0.288. The zero-order valence-electron chi connectivity index (χ0n) is 11.5. The van der Waals surface area contributed by atoms with Crippen LogP contribution in [0.5, 0.6) is 0 Å². The van der Waals surface area contributed by atoms with Gasteiger partial charge in [-0.3, -0.25) is 4.79 Å². The summed E-state index contributed by atoms with van der Waals surface area (Å²) < 4.78 is 14.0. The molecule has 3 heteroatoms. The van der Waals surface area contributed by atoms with Gasteiger partial charge in [-0.25, -0.2) is 4.39 Å². The van der Waals surface area contributed by atoms with Crippen LogP contribution in [0.1, 0.15) is 34.6 Å². The van der Waals surface area contributed by atoms with E-state index in [2.05, 4.69) is 5.32 Å². The first-order chi connectivity index (χ1) is 9.58. The zero-order chi connectivity index (χ0) is 14.3. The van der Waals surface area contributed by atoms with Gasteiger partial charge in [0.25, 0.3) is 0 Å². The van der Waals surface area contributed by atoms with E-state index in [1.807, 2.05) is 32.0 Å². The number of carbonyl (C=O) groups excluding carboxylic acids is 1. The minimum Gasteiger partial charge on any atom is -0.326 e. The zero-order valence-corrected chi connectivity index (χ0v) is 11.5. The first-order valence-electron chi connectivity index (χ1n) is 6.72. The molecule has 0 aromatic heterocycles. The summed E-state index contributed by atoms with van der Waals surface area (Å²) in [6.45, 7) is 3.99. The lowest BCUT2D eigenvalue weighted by molar-refractivity contribution is -0.116. The lowest BCUT2D eigenvalue weighted by atomic mass is 9.82. The molecule has 2 nitrogen and oxygen atoms in total. The third kappa shape index (κ3) is 1.99. The van der Waals surface area contributed by atoms with Gasteiger partial charge in [0.05, 0.1) is 0 Å². The standard InChI is InChI=1S/C17H16FNO/c1-10-7-8-13-14(12-5-3-4-6-15(12)18)9-16(20)19-17(13)11(10)2/h3-8,14H,9H2,1-2H3,(H,19,20)/t14-/m0/s1. The smallest absolute Gasteiger partial charge is 0.225 e. The third-order valence-electron chi connectivity index (χ3n) is 4.08. The van der Waals surface area contributed by atoms with E-state index in [1.54, 1.807) is 12.1 Å². The molecule has 0 bridgehead atoms. The van der Waals surface area contributed by atoms with Crippen molar-refractivity contribution >= 4 is 11.6 Å². The van der Waals surface area contributed by atoms with Crippen LogP contribution in [-0.4, -0.2) is 5.91 Å². The molecule has 0 fully saturated rings. The molecule has 0 spiro atoms. The van der Waals surface area contributed by atoms with E-state index in [-0.39, 0.29) is 24.1 Å². The molecule has 3 rings (SSSR count). The summed E-state index contributed by atoms with van der Waals surface area (Å²) in [6, 6.07) is 10.7. The van der Waals surface area contributed by atoms with Gasteiger partial charge in [0.1, 0.15) is 5.82 Å². The van der Waals surface area contributed by atoms with Crippen molar-refractivity contribution in [3.63, 3.8) is 0 Å². The van der Waals surface area contributed by atoms with Crippen molar-refractivity contribution in [3.8, 4) is 0 Å². The SMILES string of the molecule is Cc1ccc2c(c1C)NC(=O)C[C@H]2c1ccccc1F. The van der Waals surface area contributed by atoms with Gasteiger partial charge in [0.15, 0.2) is 0 Å². The summed E-state index contributed by atoms with van der Waals surface area (Å²) in [7, 11) is 0. The number of benzene rings is 2. The molecule has 1 aliphatic heterocycles. The van der Waals surface area contributed by atoms with Crippen molar-refractivity contribution in [1.82, 2.24) is 0 Å². The largest absolute Gasteiger partial charge is 0.326 e. The van der Waals surface area contributed by atoms with Crippen LogP contribution < -0.4 is 5.32 Å². The van der Waals surface area contributed by atoms with Crippen molar-refractivity contribution in [3.05, 3.63) is 64.5 Å². The molecule has 1 amide bonds. The fourth-order valence-electron chi connectivity index (χ4n) is 2.81. The minimum atomic E-state index is -0.253. The molecule has 0 saturated carbocycles. The average Bonchev–Trinajstić information content (AvgIpc) is 2.43.